The van der Waals surface area contributed by atoms with E-state index >= 15 is 0 Å². The van der Waals surface area contributed by atoms with E-state index in [0.717, 1.165) is 10.5 Å². The summed E-state index contributed by atoms with van der Waals surface area (Å²) in [5.74, 6) is -0.583. The van der Waals surface area contributed by atoms with Crippen LogP contribution in [0.1, 0.15) is 29.3 Å². The number of thioether (sulfide) groups is 1. The minimum absolute atomic E-state index is 0.147. The zero-order valence-electron chi connectivity index (χ0n) is 13.0. The van der Waals surface area contributed by atoms with Crippen LogP contribution in [0.2, 0.25) is 0 Å². The lowest BCUT2D eigenvalue weighted by Crippen LogP contribution is -2.47. The monoisotopic (exact) mass is 326 g/mol. The van der Waals surface area contributed by atoms with Crippen LogP contribution in [0, 0.1) is 0 Å². The minimum atomic E-state index is -1.19. The Kier molecular flexibility index (Phi) is 4.53. The molecule has 3 nitrogen and oxygen atoms in total. The van der Waals surface area contributed by atoms with E-state index in [9.17, 15) is 9.59 Å². The molecule has 0 aromatic heterocycles. The fraction of sp³-hybridized carbons (Fsp3) is 0.263. The third-order valence-electron chi connectivity index (χ3n) is 4.02. The molecule has 0 radical (unpaired) electrons. The van der Waals surface area contributed by atoms with Crippen LogP contribution in [0.5, 0.6) is 0 Å². The van der Waals surface area contributed by atoms with Crippen molar-refractivity contribution >= 4 is 23.5 Å². The summed E-state index contributed by atoms with van der Waals surface area (Å²) in [6, 6.07) is 17.1. The van der Waals surface area contributed by atoms with Gasteiger partial charge in [-0.1, -0.05) is 54.2 Å². The molecular formula is C19H18O3S. The van der Waals surface area contributed by atoms with Crippen LogP contribution in [0.4, 0.5) is 0 Å². The van der Waals surface area contributed by atoms with Crippen LogP contribution in [0.15, 0.2) is 59.5 Å². The predicted octanol–water partition coefficient (Wildman–Crippen LogP) is 3.91. The molecule has 1 unspecified atom stereocenters. The number of carbonyl (C=O) groups excluding carboxylic acids is 2. The van der Waals surface area contributed by atoms with Gasteiger partial charge in [0.1, 0.15) is 0 Å². The molecule has 1 atom stereocenters. The highest BCUT2D eigenvalue weighted by atomic mass is 32.2. The number of esters is 1. The summed E-state index contributed by atoms with van der Waals surface area (Å²) in [6.07, 6.45) is 1.15. The second-order valence-corrected chi connectivity index (χ2v) is 6.82. The Morgan fingerprint density at radius 3 is 2.57 bits per heavy atom. The summed E-state index contributed by atoms with van der Waals surface area (Å²) < 4.78 is 4.07. The third-order valence-corrected chi connectivity index (χ3v) is 5.43. The predicted molar refractivity (Wildman–Crippen MR) is 90.8 cm³/mol. The Balaban J connectivity index is 2.03. The first-order valence-electron chi connectivity index (χ1n) is 7.71. The van der Waals surface area contributed by atoms with E-state index in [1.54, 1.807) is 13.0 Å². The van der Waals surface area contributed by atoms with E-state index in [1.165, 1.54) is 11.8 Å². The van der Waals surface area contributed by atoms with Crippen LogP contribution >= 0.6 is 11.8 Å². The van der Waals surface area contributed by atoms with Crippen LogP contribution in [0.25, 0.3) is 0 Å². The van der Waals surface area contributed by atoms with Gasteiger partial charge in [0.2, 0.25) is 0 Å². The van der Waals surface area contributed by atoms with Crippen molar-refractivity contribution < 1.29 is 14.3 Å². The fourth-order valence-electron chi connectivity index (χ4n) is 2.87. The van der Waals surface area contributed by atoms with Crippen molar-refractivity contribution in [2.75, 3.05) is 6.61 Å². The van der Waals surface area contributed by atoms with Gasteiger partial charge in [0, 0.05) is 10.5 Å². The molecule has 2 aromatic rings. The molecule has 0 heterocycles. The topological polar surface area (TPSA) is 43.4 Å². The zero-order valence-corrected chi connectivity index (χ0v) is 13.8. The summed E-state index contributed by atoms with van der Waals surface area (Å²) in [4.78, 5) is 26.7. The molecule has 1 aliphatic carbocycles. The zero-order chi connectivity index (χ0) is 16.3. The number of carbonyl (C=O) groups is 2. The number of ketones is 1. The van der Waals surface area contributed by atoms with E-state index in [1.807, 2.05) is 48.5 Å². The lowest BCUT2D eigenvalue weighted by Gasteiger charge is -2.33. The highest BCUT2D eigenvalue weighted by Crippen LogP contribution is 2.43. The first-order chi connectivity index (χ1) is 11.2. The number of hydrogen-bond acceptors (Lipinski definition) is 4. The molecule has 0 fully saturated rings. The molecule has 3 rings (SSSR count). The van der Waals surface area contributed by atoms with E-state index in [2.05, 4.69) is 0 Å². The van der Waals surface area contributed by atoms with Gasteiger partial charge < -0.3 is 4.74 Å². The van der Waals surface area contributed by atoms with Gasteiger partial charge in [-0.15, -0.1) is 0 Å². The number of aryl methyl sites for hydroxylation is 1. The molecule has 23 heavy (non-hydrogen) atoms. The largest absolute Gasteiger partial charge is 0.465 e. The van der Waals surface area contributed by atoms with Crippen LogP contribution in [0.3, 0.4) is 0 Å². The first-order valence-corrected chi connectivity index (χ1v) is 8.53. The average molecular weight is 326 g/mol. The average Bonchev–Trinajstić information content (AvgIpc) is 2.59. The van der Waals surface area contributed by atoms with Crippen molar-refractivity contribution in [3.63, 3.8) is 0 Å². The quantitative estimate of drug-likeness (QED) is 0.631. The number of rotatable bonds is 4. The van der Waals surface area contributed by atoms with E-state index in [-0.39, 0.29) is 12.4 Å². The number of benzene rings is 2. The van der Waals surface area contributed by atoms with Crippen molar-refractivity contribution in [2.24, 2.45) is 0 Å². The van der Waals surface area contributed by atoms with Crippen molar-refractivity contribution in [1.82, 2.24) is 0 Å². The highest BCUT2D eigenvalue weighted by Gasteiger charge is 2.51. The molecule has 0 spiro atoms. The van der Waals surface area contributed by atoms with Crippen LogP contribution in [-0.2, 0) is 16.0 Å². The second kappa shape index (κ2) is 6.59. The number of ether oxygens (including phenoxy) is 1. The molecule has 0 saturated heterocycles. The molecular weight excluding hydrogens is 308 g/mol. The second-order valence-electron chi connectivity index (χ2n) is 5.45. The maximum Gasteiger partial charge on any atom is 0.330 e. The Hall–Kier alpha value is -2.07. The Labute approximate surface area is 140 Å². The van der Waals surface area contributed by atoms with Gasteiger partial charge in [-0.2, -0.15) is 0 Å². The van der Waals surface area contributed by atoms with Gasteiger partial charge in [0.15, 0.2) is 10.5 Å². The van der Waals surface area contributed by atoms with Crippen molar-refractivity contribution in [1.29, 1.82) is 0 Å². The summed E-state index contributed by atoms with van der Waals surface area (Å²) in [7, 11) is 0. The van der Waals surface area contributed by atoms with Gasteiger partial charge in [-0.3, -0.25) is 9.59 Å². The summed E-state index contributed by atoms with van der Waals surface area (Å²) in [5.41, 5.74) is 1.64. The van der Waals surface area contributed by atoms with E-state index < -0.39 is 10.7 Å². The first kappa shape index (κ1) is 15.8. The maximum atomic E-state index is 13.1. The number of fused-ring (bicyclic) bond motifs is 1. The van der Waals surface area contributed by atoms with Gasteiger partial charge in [0.05, 0.1) is 6.61 Å². The van der Waals surface area contributed by atoms with E-state index in [4.69, 9.17) is 4.74 Å². The molecule has 0 saturated carbocycles. The van der Waals surface area contributed by atoms with Crippen LogP contribution in [-0.4, -0.2) is 23.1 Å². The normalized spacial score (nSPS) is 20.0. The smallest absolute Gasteiger partial charge is 0.330 e. The molecule has 2 aromatic carbocycles. The van der Waals surface area contributed by atoms with Crippen molar-refractivity contribution in [3.05, 3.63) is 65.7 Å². The maximum absolute atomic E-state index is 13.1. The standard InChI is InChI=1S/C19H18O3S/c1-2-22-18(21)19(23-15-9-4-3-5-10-15)13-12-14-8-6-7-11-16(14)17(19)20/h3-11H,2,12-13H2,1H3. The Bertz CT molecular complexity index is 726. The third kappa shape index (κ3) is 2.91. The van der Waals surface area contributed by atoms with Gasteiger partial charge in [-0.25, -0.2) is 0 Å². The lowest BCUT2D eigenvalue weighted by molar-refractivity contribution is -0.144. The molecule has 0 amide bonds. The molecule has 4 heteroatoms. The number of hydrogen-bond donors (Lipinski definition) is 0. The van der Waals surface area contributed by atoms with Crippen molar-refractivity contribution in [2.45, 2.75) is 29.4 Å². The van der Waals surface area contributed by atoms with Crippen molar-refractivity contribution in [3.8, 4) is 0 Å². The lowest BCUT2D eigenvalue weighted by atomic mass is 9.82. The van der Waals surface area contributed by atoms with Crippen LogP contribution < -0.4 is 0 Å². The fourth-order valence-corrected chi connectivity index (χ4v) is 4.12. The van der Waals surface area contributed by atoms with Gasteiger partial charge in [-0.05, 0) is 37.5 Å². The molecule has 1 aliphatic rings. The summed E-state index contributed by atoms with van der Waals surface area (Å²) in [6.45, 7) is 2.03. The molecule has 0 N–H and O–H groups in total. The minimum Gasteiger partial charge on any atom is -0.465 e. The Morgan fingerprint density at radius 2 is 1.83 bits per heavy atom. The molecule has 0 aliphatic heterocycles. The van der Waals surface area contributed by atoms with Gasteiger partial charge in [0.25, 0.3) is 0 Å². The summed E-state index contributed by atoms with van der Waals surface area (Å²) >= 11 is 1.31. The number of Topliss-reactive ketones (excluding diaryl/α,β-unsaturated/α-hetero) is 1. The summed E-state index contributed by atoms with van der Waals surface area (Å²) in [5, 5.41) is 0. The highest BCUT2D eigenvalue weighted by molar-refractivity contribution is 8.02. The molecule has 118 valence electrons. The SMILES string of the molecule is CCOC(=O)C1(Sc2ccccc2)CCc2ccccc2C1=O. The Morgan fingerprint density at radius 1 is 1.13 bits per heavy atom. The van der Waals surface area contributed by atoms with E-state index in [0.29, 0.717) is 18.4 Å². The van der Waals surface area contributed by atoms with Gasteiger partial charge >= 0.3 is 5.97 Å². The molecule has 0 bridgehead atoms.